The number of nitrogens with zero attached hydrogens (tertiary/aromatic N) is 2. The molecule has 1 heterocycles. The minimum Gasteiger partial charge on any atom is -0.351 e. The molecule has 0 bridgehead atoms. The van der Waals surface area contributed by atoms with Crippen molar-refractivity contribution >= 4 is 43.2 Å². The second kappa shape index (κ2) is 5.30. The Hall–Kier alpha value is -1.38. The monoisotopic (exact) mass is 351 g/mol. The van der Waals surface area contributed by atoms with Crippen LogP contribution in [-0.4, -0.2) is 4.98 Å². The van der Waals surface area contributed by atoms with Gasteiger partial charge in [0, 0.05) is 15.1 Å². The average molecular weight is 353 g/mol. The van der Waals surface area contributed by atoms with E-state index < -0.39 is 0 Å². The first kappa shape index (κ1) is 12.1. The second-order valence-corrected chi connectivity index (χ2v) is 4.94. The van der Waals surface area contributed by atoms with Crippen LogP contribution in [-0.2, 0) is 0 Å². The number of pyridine rings is 1. The van der Waals surface area contributed by atoms with Crippen LogP contribution in [0, 0.1) is 11.3 Å². The van der Waals surface area contributed by atoms with Gasteiger partial charge in [-0.15, -0.1) is 0 Å². The van der Waals surface area contributed by atoms with Crippen LogP contribution in [0.4, 0.5) is 11.4 Å². The van der Waals surface area contributed by atoms with Crippen molar-refractivity contribution < 1.29 is 0 Å². The number of aromatic nitrogens is 1. The molecular weight excluding hydrogens is 346 g/mol. The van der Waals surface area contributed by atoms with E-state index in [1.165, 1.54) is 0 Å². The molecule has 0 aliphatic carbocycles. The Balaban J connectivity index is 2.42. The van der Waals surface area contributed by atoms with Gasteiger partial charge in [0.1, 0.15) is 6.07 Å². The van der Waals surface area contributed by atoms with Crippen molar-refractivity contribution in [2.75, 3.05) is 5.32 Å². The van der Waals surface area contributed by atoms with Crippen molar-refractivity contribution in [3.8, 4) is 6.07 Å². The van der Waals surface area contributed by atoms with Gasteiger partial charge in [0.25, 0.3) is 0 Å². The Morgan fingerprint density at radius 1 is 1.12 bits per heavy atom. The number of nitriles is 1. The lowest BCUT2D eigenvalue weighted by molar-refractivity contribution is 1.26. The third kappa shape index (κ3) is 2.65. The Labute approximate surface area is 116 Å². The summed E-state index contributed by atoms with van der Waals surface area (Å²) >= 11 is 6.91. The number of hydrogen-bond acceptors (Lipinski definition) is 3. The van der Waals surface area contributed by atoms with Crippen molar-refractivity contribution in [3.63, 3.8) is 0 Å². The van der Waals surface area contributed by atoms with Crippen LogP contribution in [0.1, 0.15) is 5.69 Å². The van der Waals surface area contributed by atoms with Crippen LogP contribution in [0.2, 0.25) is 0 Å². The van der Waals surface area contributed by atoms with E-state index in [1.54, 1.807) is 12.3 Å². The molecule has 0 fully saturated rings. The maximum atomic E-state index is 8.96. The number of rotatable bonds is 2. The number of para-hydroxylation sites is 1. The predicted molar refractivity (Wildman–Crippen MR) is 74.1 cm³/mol. The fraction of sp³-hybridized carbons (Fsp3) is 0. The maximum Gasteiger partial charge on any atom is 0.163 e. The van der Waals surface area contributed by atoms with Gasteiger partial charge in [-0.2, -0.15) is 5.26 Å². The van der Waals surface area contributed by atoms with Crippen molar-refractivity contribution in [2.24, 2.45) is 0 Å². The number of anilines is 2. The molecule has 0 atom stereocenters. The second-order valence-electron chi connectivity index (χ2n) is 3.23. The van der Waals surface area contributed by atoms with E-state index in [4.69, 9.17) is 5.26 Å². The van der Waals surface area contributed by atoms with Gasteiger partial charge >= 0.3 is 0 Å². The van der Waals surface area contributed by atoms with E-state index in [0.29, 0.717) is 11.4 Å². The highest BCUT2D eigenvalue weighted by molar-refractivity contribution is 9.11. The molecule has 1 aromatic heterocycles. The summed E-state index contributed by atoms with van der Waals surface area (Å²) in [5.41, 5.74) is 1.93. The fourth-order valence-corrected chi connectivity index (χ4v) is 2.54. The molecule has 0 unspecified atom stereocenters. The summed E-state index contributed by atoms with van der Waals surface area (Å²) in [6.45, 7) is 0. The van der Waals surface area contributed by atoms with E-state index >= 15 is 0 Å². The molecule has 5 heteroatoms. The molecule has 0 radical (unpaired) electrons. The average Bonchev–Trinajstić information content (AvgIpc) is 2.34. The zero-order chi connectivity index (χ0) is 12.3. The molecule has 17 heavy (non-hydrogen) atoms. The smallest absolute Gasteiger partial charge is 0.163 e. The normalized spacial score (nSPS) is 9.71. The molecular formula is C12H7Br2N3. The van der Waals surface area contributed by atoms with Crippen molar-refractivity contribution in [1.29, 1.82) is 5.26 Å². The molecule has 84 valence electrons. The van der Waals surface area contributed by atoms with Crippen LogP contribution in [0.5, 0.6) is 0 Å². The molecule has 0 spiro atoms. The van der Waals surface area contributed by atoms with Crippen LogP contribution in [0.3, 0.4) is 0 Å². The lowest BCUT2D eigenvalue weighted by atomic mass is 10.2. The Morgan fingerprint density at radius 2 is 1.82 bits per heavy atom. The van der Waals surface area contributed by atoms with Gasteiger partial charge in [0.15, 0.2) is 5.69 Å². The van der Waals surface area contributed by atoms with E-state index in [0.717, 1.165) is 14.6 Å². The van der Waals surface area contributed by atoms with Gasteiger partial charge in [-0.1, -0.05) is 6.07 Å². The van der Waals surface area contributed by atoms with E-state index in [1.807, 2.05) is 24.3 Å². The summed E-state index contributed by atoms with van der Waals surface area (Å²) in [4.78, 5) is 4.00. The van der Waals surface area contributed by atoms with Crippen molar-refractivity contribution in [1.82, 2.24) is 4.98 Å². The van der Waals surface area contributed by atoms with Crippen molar-refractivity contribution in [2.45, 2.75) is 0 Å². The third-order valence-electron chi connectivity index (χ3n) is 2.14. The SMILES string of the molecule is N#Cc1ncccc1Nc1c(Br)cccc1Br. The Bertz CT molecular complexity index is 570. The van der Waals surface area contributed by atoms with Gasteiger partial charge in [-0.25, -0.2) is 4.98 Å². The number of hydrogen-bond donors (Lipinski definition) is 1. The Morgan fingerprint density at radius 3 is 2.47 bits per heavy atom. The van der Waals surface area contributed by atoms with E-state index in [9.17, 15) is 0 Å². The zero-order valence-corrected chi connectivity index (χ0v) is 11.8. The van der Waals surface area contributed by atoms with E-state index in [2.05, 4.69) is 48.2 Å². The first-order valence-electron chi connectivity index (χ1n) is 4.78. The molecule has 0 saturated heterocycles. The topological polar surface area (TPSA) is 48.7 Å². The highest BCUT2D eigenvalue weighted by Gasteiger charge is 2.07. The van der Waals surface area contributed by atoms with Crippen LogP contribution in [0.25, 0.3) is 0 Å². The summed E-state index contributed by atoms with van der Waals surface area (Å²) < 4.78 is 1.83. The number of nitrogens with one attached hydrogen (secondary N) is 1. The van der Waals surface area contributed by atoms with Crippen LogP contribution >= 0.6 is 31.9 Å². The van der Waals surface area contributed by atoms with Crippen LogP contribution in [0.15, 0.2) is 45.5 Å². The Kier molecular flexibility index (Phi) is 3.77. The van der Waals surface area contributed by atoms with E-state index in [-0.39, 0.29) is 0 Å². The molecule has 0 saturated carbocycles. The highest BCUT2D eigenvalue weighted by Crippen LogP contribution is 2.33. The summed E-state index contributed by atoms with van der Waals surface area (Å²) in [5.74, 6) is 0. The molecule has 3 nitrogen and oxygen atoms in total. The molecule has 1 aromatic carbocycles. The summed E-state index contributed by atoms with van der Waals surface area (Å²) in [7, 11) is 0. The predicted octanol–water partition coefficient (Wildman–Crippen LogP) is 4.22. The largest absolute Gasteiger partial charge is 0.351 e. The molecule has 2 rings (SSSR count). The minimum absolute atomic E-state index is 0.371. The zero-order valence-electron chi connectivity index (χ0n) is 8.61. The number of benzene rings is 1. The van der Waals surface area contributed by atoms with Crippen LogP contribution < -0.4 is 5.32 Å². The lowest BCUT2D eigenvalue weighted by Gasteiger charge is -2.11. The molecule has 0 aliphatic rings. The van der Waals surface area contributed by atoms with Gasteiger partial charge in [-0.05, 0) is 56.1 Å². The summed E-state index contributed by atoms with van der Waals surface area (Å²) in [6, 6.07) is 11.4. The lowest BCUT2D eigenvalue weighted by Crippen LogP contribution is -1.96. The van der Waals surface area contributed by atoms with Gasteiger partial charge in [-0.3, -0.25) is 0 Å². The first-order valence-corrected chi connectivity index (χ1v) is 6.37. The number of halogens is 2. The molecule has 1 N–H and O–H groups in total. The third-order valence-corrected chi connectivity index (χ3v) is 3.46. The molecule has 0 amide bonds. The van der Waals surface area contributed by atoms with Gasteiger partial charge in [0.05, 0.1) is 11.4 Å². The standard InChI is InChI=1S/C12H7Br2N3/c13-8-3-1-4-9(14)12(8)17-10-5-2-6-16-11(10)7-15/h1-6,17H. The van der Waals surface area contributed by atoms with Gasteiger partial charge in [0.2, 0.25) is 0 Å². The molecule has 2 aromatic rings. The highest BCUT2D eigenvalue weighted by atomic mass is 79.9. The molecule has 0 aliphatic heterocycles. The first-order chi connectivity index (χ1) is 8.22. The summed E-state index contributed by atoms with van der Waals surface area (Å²) in [6.07, 6.45) is 1.60. The summed E-state index contributed by atoms with van der Waals surface area (Å²) in [5, 5.41) is 12.1. The quantitative estimate of drug-likeness (QED) is 0.880. The minimum atomic E-state index is 0.371. The fourth-order valence-electron chi connectivity index (χ4n) is 1.35. The maximum absolute atomic E-state index is 8.96. The van der Waals surface area contributed by atoms with Crippen molar-refractivity contribution in [3.05, 3.63) is 51.2 Å². The van der Waals surface area contributed by atoms with Gasteiger partial charge < -0.3 is 5.32 Å².